The Morgan fingerprint density at radius 2 is 1.96 bits per heavy atom. The molecular weight excluding hydrogens is 492 g/mol. The molecular formula is C17H13Br2ClFN3O2. The summed E-state index contributed by atoms with van der Waals surface area (Å²) in [5.74, 6) is -0.00687. The summed E-state index contributed by atoms with van der Waals surface area (Å²) < 4.78 is 22.2. The smallest absolute Gasteiger partial charge is 0.262 e. The lowest BCUT2D eigenvalue weighted by Crippen LogP contribution is -2.49. The Kier molecular flexibility index (Phi) is 5.84. The van der Waals surface area contributed by atoms with Crippen molar-refractivity contribution in [2.75, 3.05) is 0 Å². The molecule has 1 unspecified atom stereocenters. The Hall–Kier alpha value is -1.64. The Labute approximate surface area is 171 Å². The summed E-state index contributed by atoms with van der Waals surface area (Å²) in [6, 6.07) is 7.94. The topological polar surface area (TPSA) is 62.7 Å². The van der Waals surface area contributed by atoms with Crippen LogP contribution in [0.25, 0.3) is 0 Å². The maximum atomic E-state index is 14.9. The van der Waals surface area contributed by atoms with E-state index in [1.807, 2.05) is 6.07 Å². The minimum atomic E-state index is -0.581. The maximum absolute atomic E-state index is 14.9. The molecule has 0 aliphatic carbocycles. The van der Waals surface area contributed by atoms with Gasteiger partial charge in [-0.3, -0.25) is 4.79 Å². The Balaban J connectivity index is 1.88. The summed E-state index contributed by atoms with van der Waals surface area (Å²) in [5.41, 5.74) is 2.74. The molecule has 1 amide bonds. The van der Waals surface area contributed by atoms with Gasteiger partial charge in [-0.15, -0.1) is 0 Å². The van der Waals surface area contributed by atoms with Crippen molar-refractivity contribution in [3.05, 3.63) is 55.7 Å². The molecule has 0 saturated heterocycles. The second kappa shape index (κ2) is 7.94. The second-order valence-electron chi connectivity index (χ2n) is 5.63. The molecule has 0 saturated carbocycles. The van der Waals surface area contributed by atoms with Crippen molar-refractivity contribution in [2.24, 2.45) is 5.10 Å². The van der Waals surface area contributed by atoms with E-state index in [-0.39, 0.29) is 23.1 Å². The minimum absolute atomic E-state index is 0.0670. The number of amidine groups is 1. The van der Waals surface area contributed by atoms with Crippen molar-refractivity contribution in [2.45, 2.75) is 19.4 Å². The van der Waals surface area contributed by atoms with E-state index in [9.17, 15) is 9.18 Å². The fourth-order valence-electron chi connectivity index (χ4n) is 2.35. The van der Waals surface area contributed by atoms with Gasteiger partial charge in [-0.1, -0.05) is 49.5 Å². The molecule has 2 aromatic carbocycles. The lowest BCUT2D eigenvalue weighted by molar-refractivity contribution is -0.122. The van der Waals surface area contributed by atoms with E-state index in [0.29, 0.717) is 17.1 Å². The van der Waals surface area contributed by atoms with Crippen LogP contribution in [0.15, 0.2) is 44.4 Å². The van der Waals surface area contributed by atoms with Crippen molar-refractivity contribution < 1.29 is 13.9 Å². The van der Waals surface area contributed by atoms with Gasteiger partial charge >= 0.3 is 0 Å². The number of rotatable bonds is 4. The van der Waals surface area contributed by atoms with Crippen molar-refractivity contribution in [3.8, 4) is 11.5 Å². The van der Waals surface area contributed by atoms with Crippen LogP contribution in [0, 0.1) is 5.82 Å². The van der Waals surface area contributed by atoms with Crippen LogP contribution in [-0.4, -0.2) is 17.8 Å². The van der Waals surface area contributed by atoms with Gasteiger partial charge in [0, 0.05) is 15.4 Å². The summed E-state index contributed by atoms with van der Waals surface area (Å²) >= 11 is 12.8. The van der Waals surface area contributed by atoms with Crippen LogP contribution < -0.4 is 15.5 Å². The van der Waals surface area contributed by atoms with Gasteiger partial charge in [-0.2, -0.15) is 5.10 Å². The molecule has 0 fully saturated rings. The largest absolute Gasteiger partial charge is 0.453 e. The molecule has 0 spiro atoms. The Bertz CT molecular complexity index is 888. The van der Waals surface area contributed by atoms with Crippen LogP contribution in [0.2, 0.25) is 5.02 Å². The van der Waals surface area contributed by atoms with E-state index in [1.54, 1.807) is 31.2 Å². The lowest BCUT2D eigenvalue weighted by Gasteiger charge is -2.21. The highest BCUT2D eigenvalue weighted by Crippen LogP contribution is 2.36. The molecule has 9 heteroatoms. The number of amides is 1. The number of nitrogens with zero attached hydrogens (tertiary/aromatic N) is 1. The molecule has 1 atom stereocenters. The molecule has 0 bridgehead atoms. The number of hydrogen-bond acceptors (Lipinski definition) is 4. The van der Waals surface area contributed by atoms with Crippen molar-refractivity contribution in [1.29, 1.82) is 0 Å². The zero-order valence-corrected chi connectivity index (χ0v) is 17.4. The van der Waals surface area contributed by atoms with E-state index < -0.39 is 11.9 Å². The molecule has 5 nitrogen and oxygen atoms in total. The molecule has 0 aromatic heterocycles. The molecule has 1 aliphatic rings. The zero-order valence-electron chi connectivity index (χ0n) is 13.4. The van der Waals surface area contributed by atoms with Gasteiger partial charge in [0.25, 0.3) is 5.91 Å². The number of ether oxygens (including phenoxy) is 1. The highest BCUT2D eigenvalue weighted by Gasteiger charge is 2.22. The Morgan fingerprint density at radius 1 is 1.27 bits per heavy atom. The molecule has 26 heavy (non-hydrogen) atoms. The van der Waals surface area contributed by atoms with Crippen molar-refractivity contribution >= 4 is 55.2 Å². The summed E-state index contributed by atoms with van der Waals surface area (Å²) in [5, 5.41) is 6.99. The number of halogens is 4. The van der Waals surface area contributed by atoms with Crippen LogP contribution in [0.3, 0.4) is 0 Å². The van der Waals surface area contributed by atoms with Crippen LogP contribution in [0.4, 0.5) is 4.39 Å². The Morgan fingerprint density at radius 3 is 2.62 bits per heavy atom. The van der Waals surface area contributed by atoms with Gasteiger partial charge < -0.3 is 10.1 Å². The van der Waals surface area contributed by atoms with E-state index in [0.717, 1.165) is 8.95 Å². The van der Waals surface area contributed by atoms with Gasteiger partial charge in [-0.25, -0.2) is 9.82 Å². The van der Waals surface area contributed by atoms with Crippen LogP contribution in [0.1, 0.15) is 12.5 Å². The first kappa shape index (κ1) is 19.1. The minimum Gasteiger partial charge on any atom is -0.453 e. The molecule has 2 aromatic rings. The number of benzene rings is 2. The summed E-state index contributed by atoms with van der Waals surface area (Å²) in [7, 11) is 0. The SMILES string of the molecule is CC1NC(Cc2ccc(Cl)c(Oc3cc(Br)cc(Br)c3)c2F)=NNC1=O. The van der Waals surface area contributed by atoms with Gasteiger partial charge in [0.15, 0.2) is 11.6 Å². The average Bonchev–Trinajstić information content (AvgIpc) is 2.56. The second-order valence-corrected chi connectivity index (χ2v) is 7.87. The number of hydrogen-bond donors (Lipinski definition) is 2. The quantitative estimate of drug-likeness (QED) is 0.630. The van der Waals surface area contributed by atoms with Crippen LogP contribution in [-0.2, 0) is 11.2 Å². The zero-order chi connectivity index (χ0) is 18.8. The van der Waals surface area contributed by atoms with Crippen LogP contribution in [0.5, 0.6) is 11.5 Å². The number of carbonyl (C=O) groups is 1. The fraction of sp³-hybridized carbons (Fsp3) is 0.176. The van der Waals surface area contributed by atoms with Gasteiger partial charge in [0.2, 0.25) is 0 Å². The molecule has 1 aliphatic heterocycles. The molecule has 1 heterocycles. The lowest BCUT2D eigenvalue weighted by atomic mass is 10.1. The first-order valence-corrected chi connectivity index (χ1v) is 9.53. The normalized spacial score (nSPS) is 16.6. The fourth-order valence-corrected chi connectivity index (χ4v) is 3.78. The number of hydrazone groups is 1. The van der Waals surface area contributed by atoms with E-state index in [2.05, 4.69) is 47.7 Å². The third kappa shape index (κ3) is 4.36. The van der Waals surface area contributed by atoms with Gasteiger partial charge in [-0.05, 0) is 36.8 Å². The summed E-state index contributed by atoms with van der Waals surface area (Å²) in [6.07, 6.45) is 0.159. The van der Waals surface area contributed by atoms with E-state index in [1.165, 1.54) is 0 Å². The third-order valence-corrected chi connectivity index (χ3v) is 4.83. The van der Waals surface area contributed by atoms with Crippen molar-refractivity contribution in [1.82, 2.24) is 10.7 Å². The molecule has 3 rings (SSSR count). The van der Waals surface area contributed by atoms with Crippen molar-refractivity contribution in [3.63, 3.8) is 0 Å². The predicted octanol–water partition coefficient (Wildman–Crippen LogP) is 4.76. The third-order valence-electron chi connectivity index (χ3n) is 3.62. The van der Waals surface area contributed by atoms with Gasteiger partial charge in [0.1, 0.15) is 17.6 Å². The van der Waals surface area contributed by atoms with E-state index in [4.69, 9.17) is 16.3 Å². The predicted molar refractivity (Wildman–Crippen MR) is 105 cm³/mol. The monoisotopic (exact) mass is 503 g/mol. The summed E-state index contributed by atoms with van der Waals surface area (Å²) in [6.45, 7) is 1.70. The molecule has 0 radical (unpaired) electrons. The summed E-state index contributed by atoms with van der Waals surface area (Å²) in [4.78, 5) is 11.4. The van der Waals surface area contributed by atoms with Crippen LogP contribution >= 0.6 is 43.5 Å². The van der Waals surface area contributed by atoms with E-state index >= 15 is 0 Å². The maximum Gasteiger partial charge on any atom is 0.262 e. The first-order chi connectivity index (χ1) is 12.3. The number of carbonyl (C=O) groups excluding carboxylic acids is 1. The average molecular weight is 506 g/mol. The van der Waals surface area contributed by atoms with Gasteiger partial charge in [0.05, 0.1) is 5.02 Å². The highest BCUT2D eigenvalue weighted by atomic mass is 79.9. The standard InChI is InChI=1S/C17H13Br2ClFN3O2/c1-8-17(25)24-23-14(22-8)4-9-2-3-13(20)16(15(9)21)26-12-6-10(18)5-11(19)7-12/h2-3,5-8H,4H2,1H3,(H,22,23)(H,24,25). The number of nitrogens with one attached hydrogen (secondary N) is 2. The molecule has 2 N–H and O–H groups in total. The highest BCUT2D eigenvalue weighted by molar-refractivity contribution is 9.11. The molecule has 136 valence electrons. The first-order valence-electron chi connectivity index (χ1n) is 7.57.